The molecule has 1 fully saturated rings. The van der Waals surface area contributed by atoms with Crippen molar-refractivity contribution in [2.75, 3.05) is 26.4 Å². The minimum Gasteiger partial charge on any atom is -0.394 e. The second-order valence-electron chi connectivity index (χ2n) is 4.57. The molecule has 1 heterocycles. The number of amides is 1. The first-order valence-corrected chi connectivity index (χ1v) is 5.42. The fraction of sp³-hybridized carbons (Fsp3) is 0.900. The number of aliphatic hydroxyl groups excluding tert-OH is 3. The molecule has 0 saturated carbocycles. The van der Waals surface area contributed by atoms with Crippen LogP contribution in [0.2, 0.25) is 0 Å². The predicted molar refractivity (Wildman–Crippen MR) is 57.8 cm³/mol. The maximum atomic E-state index is 12.0. The van der Waals surface area contributed by atoms with Gasteiger partial charge in [-0.25, -0.2) is 0 Å². The van der Waals surface area contributed by atoms with Crippen molar-refractivity contribution in [2.24, 2.45) is 0 Å². The normalized spacial score (nSPS) is 25.8. The number of aliphatic hydroxyl groups is 3. The molecule has 6 nitrogen and oxygen atoms in total. The van der Waals surface area contributed by atoms with Crippen molar-refractivity contribution in [3.63, 3.8) is 0 Å². The minimum atomic E-state index is -1.34. The Morgan fingerprint density at radius 1 is 1.38 bits per heavy atom. The molecule has 0 aromatic rings. The second-order valence-corrected chi connectivity index (χ2v) is 4.57. The highest BCUT2D eigenvalue weighted by Crippen LogP contribution is 2.19. The van der Waals surface area contributed by atoms with Crippen LogP contribution in [0.5, 0.6) is 0 Å². The van der Waals surface area contributed by atoms with Crippen molar-refractivity contribution >= 4 is 5.91 Å². The van der Waals surface area contributed by atoms with Gasteiger partial charge in [-0.15, -0.1) is 0 Å². The number of carbonyl (C=O) groups excluding carboxylic acids is 1. The molecular weight excluding hydrogens is 212 g/mol. The summed E-state index contributed by atoms with van der Waals surface area (Å²) in [5, 5.41) is 32.9. The van der Waals surface area contributed by atoms with E-state index in [-0.39, 0.29) is 5.91 Å². The zero-order valence-corrected chi connectivity index (χ0v) is 9.49. The standard InChI is InChI=1S/C10H20N2O4/c1-9(3-2-4-11-9)8(16)12-10(5-13,6-14)7-15/h11,13-15H,2-7H2,1H3,(H,12,16). The van der Waals surface area contributed by atoms with Gasteiger partial charge in [-0.3, -0.25) is 4.79 Å². The average Bonchev–Trinajstić information content (AvgIpc) is 2.74. The van der Waals surface area contributed by atoms with E-state index < -0.39 is 30.9 Å². The van der Waals surface area contributed by atoms with E-state index in [9.17, 15) is 4.79 Å². The van der Waals surface area contributed by atoms with Crippen molar-refractivity contribution in [3.8, 4) is 0 Å². The third-order valence-corrected chi connectivity index (χ3v) is 3.16. The largest absolute Gasteiger partial charge is 0.394 e. The van der Waals surface area contributed by atoms with E-state index in [0.717, 1.165) is 13.0 Å². The average molecular weight is 232 g/mol. The summed E-state index contributed by atoms with van der Waals surface area (Å²) in [6.07, 6.45) is 1.62. The van der Waals surface area contributed by atoms with Gasteiger partial charge in [0.05, 0.1) is 25.4 Å². The van der Waals surface area contributed by atoms with Gasteiger partial charge < -0.3 is 26.0 Å². The molecule has 6 heteroatoms. The lowest BCUT2D eigenvalue weighted by Gasteiger charge is -2.33. The zero-order valence-electron chi connectivity index (χ0n) is 9.49. The Morgan fingerprint density at radius 3 is 2.31 bits per heavy atom. The molecule has 16 heavy (non-hydrogen) atoms. The van der Waals surface area contributed by atoms with Crippen molar-refractivity contribution in [1.29, 1.82) is 0 Å². The van der Waals surface area contributed by atoms with Gasteiger partial charge in [0.15, 0.2) is 0 Å². The zero-order chi connectivity index (χ0) is 12.2. The molecule has 1 amide bonds. The van der Waals surface area contributed by atoms with E-state index in [1.165, 1.54) is 0 Å². The van der Waals surface area contributed by atoms with Crippen LogP contribution in [-0.4, -0.2) is 58.7 Å². The van der Waals surface area contributed by atoms with Crippen molar-refractivity contribution in [2.45, 2.75) is 30.8 Å². The van der Waals surface area contributed by atoms with Crippen LogP contribution in [0.25, 0.3) is 0 Å². The number of nitrogens with one attached hydrogen (secondary N) is 2. The Kier molecular flexibility index (Phi) is 4.26. The maximum Gasteiger partial charge on any atom is 0.240 e. The third-order valence-electron chi connectivity index (χ3n) is 3.16. The Balaban J connectivity index is 2.68. The summed E-state index contributed by atoms with van der Waals surface area (Å²) >= 11 is 0. The highest BCUT2D eigenvalue weighted by Gasteiger charge is 2.40. The van der Waals surface area contributed by atoms with Gasteiger partial charge in [-0.2, -0.15) is 0 Å². The van der Waals surface area contributed by atoms with Crippen molar-refractivity contribution in [3.05, 3.63) is 0 Å². The summed E-state index contributed by atoms with van der Waals surface area (Å²) in [5.41, 5.74) is -2.02. The molecule has 1 saturated heterocycles. The SMILES string of the molecule is CC1(C(=O)NC(CO)(CO)CO)CCCN1. The van der Waals surface area contributed by atoms with Gasteiger partial charge in [0, 0.05) is 0 Å². The fourth-order valence-corrected chi connectivity index (χ4v) is 1.74. The first kappa shape index (κ1) is 13.4. The summed E-state index contributed by atoms with van der Waals surface area (Å²) in [4.78, 5) is 12.0. The molecule has 0 radical (unpaired) electrons. The molecule has 0 spiro atoms. The maximum absolute atomic E-state index is 12.0. The van der Waals surface area contributed by atoms with Crippen LogP contribution in [0.15, 0.2) is 0 Å². The van der Waals surface area contributed by atoms with E-state index in [0.29, 0.717) is 6.42 Å². The molecule has 1 atom stereocenters. The monoisotopic (exact) mass is 232 g/mol. The van der Waals surface area contributed by atoms with E-state index >= 15 is 0 Å². The molecule has 1 unspecified atom stereocenters. The quantitative estimate of drug-likeness (QED) is 0.376. The van der Waals surface area contributed by atoms with Crippen LogP contribution in [0.4, 0.5) is 0 Å². The summed E-state index contributed by atoms with van der Waals surface area (Å²) < 4.78 is 0. The van der Waals surface area contributed by atoms with Gasteiger partial charge in [-0.1, -0.05) is 0 Å². The van der Waals surface area contributed by atoms with E-state index in [1.807, 2.05) is 0 Å². The molecule has 1 rings (SSSR count). The van der Waals surface area contributed by atoms with Gasteiger partial charge in [0.25, 0.3) is 0 Å². The number of rotatable bonds is 5. The first-order valence-electron chi connectivity index (χ1n) is 5.42. The molecule has 5 N–H and O–H groups in total. The van der Waals surface area contributed by atoms with E-state index in [1.54, 1.807) is 6.92 Å². The van der Waals surface area contributed by atoms with Crippen LogP contribution in [-0.2, 0) is 4.79 Å². The molecule has 94 valence electrons. The summed E-state index contributed by atoms with van der Waals surface area (Å²) in [6, 6.07) is 0. The van der Waals surface area contributed by atoms with Crippen molar-refractivity contribution < 1.29 is 20.1 Å². The van der Waals surface area contributed by atoms with E-state index in [4.69, 9.17) is 15.3 Å². The fourth-order valence-electron chi connectivity index (χ4n) is 1.74. The van der Waals surface area contributed by atoms with Crippen LogP contribution < -0.4 is 10.6 Å². The smallest absolute Gasteiger partial charge is 0.240 e. The first-order chi connectivity index (χ1) is 7.52. The molecule has 0 aromatic heterocycles. The Bertz CT molecular complexity index is 239. The van der Waals surface area contributed by atoms with E-state index in [2.05, 4.69) is 10.6 Å². The van der Waals surface area contributed by atoms with Gasteiger partial charge in [0.1, 0.15) is 5.54 Å². The molecule has 1 aliphatic rings. The van der Waals surface area contributed by atoms with Crippen molar-refractivity contribution in [1.82, 2.24) is 10.6 Å². The van der Waals surface area contributed by atoms with Gasteiger partial charge in [-0.05, 0) is 26.3 Å². The lowest BCUT2D eigenvalue weighted by atomic mass is 9.95. The van der Waals surface area contributed by atoms with Crippen LogP contribution >= 0.6 is 0 Å². The summed E-state index contributed by atoms with van der Waals surface area (Å²) in [7, 11) is 0. The number of carbonyl (C=O) groups is 1. The van der Waals surface area contributed by atoms with Crippen LogP contribution in [0, 0.1) is 0 Å². The summed E-state index contributed by atoms with van der Waals surface area (Å²) in [6.45, 7) is 1.05. The summed E-state index contributed by atoms with van der Waals surface area (Å²) in [5.74, 6) is -0.304. The van der Waals surface area contributed by atoms with Crippen LogP contribution in [0.1, 0.15) is 19.8 Å². The minimum absolute atomic E-state index is 0.304. The lowest BCUT2D eigenvalue weighted by Crippen LogP contribution is -2.63. The highest BCUT2D eigenvalue weighted by molar-refractivity contribution is 5.86. The van der Waals surface area contributed by atoms with Gasteiger partial charge >= 0.3 is 0 Å². The Labute approximate surface area is 94.7 Å². The lowest BCUT2D eigenvalue weighted by molar-refractivity contribution is -0.130. The second kappa shape index (κ2) is 5.09. The van der Waals surface area contributed by atoms with Gasteiger partial charge in [0.2, 0.25) is 5.91 Å². The molecule has 0 bridgehead atoms. The predicted octanol–water partition coefficient (Wildman–Crippen LogP) is -2.04. The molecular formula is C10H20N2O4. The molecule has 1 aliphatic heterocycles. The number of hydrogen-bond acceptors (Lipinski definition) is 5. The molecule has 0 aromatic carbocycles. The number of hydrogen-bond donors (Lipinski definition) is 5. The molecule has 0 aliphatic carbocycles. The Morgan fingerprint density at radius 2 is 1.94 bits per heavy atom. The third kappa shape index (κ3) is 2.52. The highest BCUT2D eigenvalue weighted by atomic mass is 16.3. The topological polar surface area (TPSA) is 102 Å². The van der Waals surface area contributed by atoms with Crippen LogP contribution in [0.3, 0.4) is 0 Å². The Hall–Kier alpha value is -0.690.